The van der Waals surface area contributed by atoms with Crippen molar-refractivity contribution in [2.45, 2.75) is 6.42 Å². The Morgan fingerprint density at radius 3 is 2.76 bits per heavy atom. The van der Waals surface area contributed by atoms with Crippen molar-refractivity contribution in [3.63, 3.8) is 0 Å². The summed E-state index contributed by atoms with van der Waals surface area (Å²) in [4.78, 5) is 11.9. The molecule has 0 saturated carbocycles. The Morgan fingerprint density at radius 1 is 1.24 bits per heavy atom. The summed E-state index contributed by atoms with van der Waals surface area (Å²) >= 11 is 0. The van der Waals surface area contributed by atoms with E-state index in [2.05, 4.69) is 5.32 Å². The van der Waals surface area contributed by atoms with Crippen LogP contribution in [0.25, 0.3) is 0 Å². The molecule has 0 heterocycles. The molecule has 3 N–H and O–H groups in total. The Balaban J connectivity index is 2.06. The number of carbonyl (C=O) groups excluding carboxylic acids is 1. The predicted octanol–water partition coefficient (Wildman–Crippen LogP) is 2.10. The molecular weight excluding hydrogens is 212 g/mol. The van der Waals surface area contributed by atoms with Crippen LogP contribution in [0.4, 0.5) is 0 Å². The smallest absolute Gasteiger partial charge is 0.255 e. The van der Waals surface area contributed by atoms with Crippen LogP contribution >= 0.6 is 0 Å². The summed E-state index contributed by atoms with van der Waals surface area (Å²) in [5.74, 6) is -0.0980. The predicted molar refractivity (Wildman–Crippen MR) is 68.0 cm³/mol. The minimum Gasteiger partial charge on any atom is -0.399 e. The molecule has 0 radical (unpaired) electrons. The molecule has 0 spiro atoms. The van der Waals surface area contributed by atoms with Gasteiger partial charge >= 0.3 is 0 Å². The monoisotopic (exact) mass is 226 g/mol. The molecular formula is C14H14N2O. The van der Waals surface area contributed by atoms with E-state index in [1.54, 1.807) is 12.1 Å². The highest BCUT2D eigenvalue weighted by molar-refractivity contribution is 5.95. The van der Waals surface area contributed by atoms with E-state index in [1.165, 1.54) is 0 Å². The molecule has 1 aliphatic rings. The van der Waals surface area contributed by atoms with E-state index >= 15 is 0 Å². The molecule has 1 aliphatic carbocycles. The van der Waals surface area contributed by atoms with Gasteiger partial charge in [0.2, 0.25) is 0 Å². The molecule has 3 heteroatoms. The van der Waals surface area contributed by atoms with E-state index in [0.717, 1.165) is 5.70 Å². The summed E-state index contributed by atoms with van der Waals surface area (Å²) < 4.78 is 0. The van der Waals surface area contributed by atoms with Crippen molar-refractivity contribution in [2.24, 2.45) is 5.73 Å². The first-order chi connectivity index (χ1) is 8.25. The first-order valence-corrected chi connectivity index (χ1v) is 5.45. The van der Waals surface area contributed by atoms with Crippen molar-refractivity contribution in [1.29, 1.82) is 0 Å². The third kappa shape index (κ3) is 3.08. The average Bonchev–Trinajstić information content (AvgIpc) is 2.56. The van der Waals surface area contributed by atoms with Crippen LogP contribution in [0.3, 0.4) is 0 Å². The first kappa shape index (κ1) is 11.2. The number of carbonyl (C=O) groups is 1. The zero-order valence-electron chi connectivity index (χ0n) is 9.39. The fraction of sp³-hybridized carbons (Fsp3) is 0.0714. The lowest BCUT2D eigenvalue weighted by Crippen LogP contribution is -2.22. The third-order valence-electron chi connectivity index (χ3n) is 2.45. The van der Waals surface area contributed by atoms with E-state index in [9.17, 15) is 4.79 Å². The van der Waals surface area contributed by atoms with Gasteiger partial charge in [-0.2, -0.15) is 0 Å². The van der Waals surface area contributed by atoms with Crippen LogP contribution in [-0.2, 0) is 0 Å². The van der Waals surface area contributed by atoms with Gasteiger partial charge in [-0.1, -0.05) is 30.4 Å². The molecule has 0 fully saturated rings. The van der Waals surface area contributed by atoms with Crippen molar-refractivity contribution < 1.29 is 4.79 Å². The van der Waals surface area contributed by atoms with Crippen molar-refractivity contribution in [2.75, 3.05) is 0 Å². The normalized spacial score (nSPS) is 14.6. The van der Waals surface area contributed by atoms with Crippen molar-refractivity contribution >= 4 is 5.91 Å². The minimum absolute atomic E-state index is 0.0980. The average molecular weight is 226 g/mol. The molecule has 1 aromatic carbocycles. The van der Waals surface area contributed by atoms with Crippen LogP contribution < -0.4 is 11.1 Å². The standard InChI is InChI=1S/C14H14N2O/c15-12-7-4-8-13(10-9-12)16-14(17)11-5-2-1-3-6-11/h1-9H,10,15H2,(H,16,17). The number of benzene rings is 1. The van der Waals surface area contributed by atoms with Crippen molar-refractivity contribution in [3.05, 3.63) is 71.6 Å². The fourth-order valence-electron chi connectivity index (χ4n) is 1.54. The van der Waals surface area contributed by atoms with Gasteiger partial charge in [-0.3, -0.25) is 4.79 Å². The van der Waals surface area contributed by atoms with E-state index in [0.29, 0.717) is 17.7 Å². The van der Waals surface area contributed by atoms with Gasteiger partial charge in [0.05, 0.1) is 0 Å². The number of nitrogens with two attached hydrogens (primary N) is 1. The topological polar surface area (TPSA) is 55.1 Å². The molecule has 1 amide bonds. The zero-order valence-corrected chi connectivity index (χ0v) is 9.39. The molecule has 0 unspecified atom stereocenters. The van der Waals surface area contributed by atoms with Gasteiger partial charge in [-0.25, -0.2) is 0 Å². The summed E-state index contributed by atoms with van der Waals surface area (Å²) in [6, 6.07) is 9.13. The summed E-state index contributed by atoms with van der Waals surface area (Å²) in [5.41, 5.74) is 7.87. The second kappa shape index (κ2) is 5.16. The van der Waals surface area contributed by atoms with Gasteiger partial charge in [-0.15, -0.1) is 0 Å². The van der Waals surface area contributed by atoms with E-state index in [-0.39, 0.29) is 5.91 Å². The van der Waals surface area contributed by atoms with E-state index in [1.807, 2.05) is 42.5 Å². The van der Waals surface area contributed by atoms with Crippen LogP contribution in [0.2, 0.25) is 0 Å². The van der Waals surface area contributed by atoms with Gasteiger partial charge in [0.25, 0.3) is 5.91 Å². The number of allylic oxidation sites excluding steroid dienone is 4. The Kier molecular flexibility index (Phi) is 3.40. The lowest BCUT2D eigenvalue weighted by Gasteiger charge is -2.06. The molecule has 2 rings (SSSR count). The molecule has 3 nitrogen and oxygen atoms in total. The second-order valence-corrected chi connectivity index (χ2v) is 3.78. The van der Waals surface area contributed by atoms with Crippen LogP contribution in [0, 0.1) is 0 Å². The van der Waals surface area contributed by atoms with Crippen molar-refractivity contribution in [3.8, 4) is 0 Å². The van der Waals surface area contributed by atoms with Gasteiger partial charge in [0.1, 0.15) is 0 Å². The maximum atomic E-state index is 11.9. The quantitative estimate of drug-likeness (QED) is 0.811. The lowest BCUT2D eigenvalue weighted by molar-refractivity contribution is 0.0965. The number of hydrogen-bond acceptors (Lipinski definition) is 2. The fourth-order valence-corrected chi connectivity index (χ4v) is 1.54. The van der Waals surface area contributed by atoms with Crippen LogP contribution in [0.15, 0.2) is 66.0 Å². The Labute approximate surface area is 100 Å². The first-order valence-electron chi connectivity index (χ1n) is 5.45. The van der Waals surface area contributed by atoms with E-state index < -0.39 is 0 Å². The molecule has 0 atom stereocenters. The molecule has 0 aromatic heterocycles. The van der Waals surface area contributed by atoms with Crippen LogP contribution in [0.5, 0.6) is 0 Å². The van der Waals surface area contributed by atoms with E-state index in [4.69, 9.17) is 5.73 Å². The van der Waals surface area contributed by atoms with Crippen LogP contribution in [0.1, 0.15) is 16.8 Å². The Morgan fingerprint density at radius 2 is 2.00 bits per heavy atom. The molecule has 0 bridgehead atoms. The molecule has 1 aromatic rings. The lowest BCUT2D eigenvalue weighted by atomic mass is 10.2. The van der Waals surface area contributed by atoms with Crippen LogP contribution in [-0.4, -0.2) is 5.91 Å². The summed E-state index contributed by atoms with van der Waals surface area (Å²) in [7, 11) is 0. The number of rotatable bonds is 2. The second-order valence-electron chi connectivity index (χ2n) is 3.78. The van der Waals surface area contributed by atoms with Gasteiger partial charge in [-0.05, 0) is 24.3 Å². The largest absolute Gasteiger partial charge is 0.399 e. The van der Waals surface area contributed by atoms with Gasteiger partial charge in [0, 0.05) is 23.4 Å². The summed E-state index contributed by atoms with van der Waals surface area (Å²) in [6.07, 6.45) is 8.01. The maximum absolute atomic E-state index is 11.9. The number of nitrogens with one attached hydrogen (secondary N) is 1. The maximum Gasteiger partial charge on any atom is 0.255 e. The Bertz CT molecular complexity index is 495. The number of amides is 1. The highest BCUT2D eigenvalue weighted by Gasteiger charge is 2.06. The van der Waals surface area contributed by atoms with Gasteiger partial charge < -0.3 is 11.1 Å². The Hall–Kier alpha value is -2.29. The van der Waals surface area contributed by atoms with Gasteiger partial charge in [0.15, 0.2) is 0 Å². The minimum atomic E-state index is -0.0980. The highest BCUT2D eigenvalue weighted by atomic mass is 16.1. The molecule has 17 heavy (non-hydrogen) atoms. The highest BCUT2D eigenvalue weighted by Crippen LogP contribution is 2.08. The molecule has 0 saturated heterocycles. The third-order valence-corrected chi connectivity index (χ3v) is 2.45. The molecule has 0 aliphatic heterocycles. The number of hydrogen-bond donors (Lipinski definition) is 2. The zero-order chi connectivity index (χ0) is 12.1. The SMILES string of the molecule is NC1=CCC(NC(=O)c2ccccc2)=CC=C1. The summed E-state index contributed by atoms with van der Waals surface area (Å²) in [5, 5.41) is 2.87. The molecule has 86 valence electrons. The van der Waals surface area contributed by atoms with Crippen molar-refractivity contribution in [1.82, 2.24) is 5.32 Å². The summed E-state index contributed by atoms with van der Waals surface area (Å²) in [6.45, 7) is 0.